The van der Waals surface area contributed by atoms with Crippen molar-refractivity contribution in [1.29, 1.82) is 0 Å². The van der Waals surface area contributed by atoms with Crippen LogP contribution in [0.15, 0.2) is 66.7 Å². The van der Waals surface area contributed by atoms with Crippen LogP contribution in [0.4, 0.5) is 18.9 Å². The Morgan fingerprint density at radius 1 is 1.03 bits per heavy atom. The third kappa shape index (κ3) is 4.42. The number of pyridine rings is 1. The van der Waals surface area contributed by atoms with Crippen LogP contribution in [0, 0.1) is 5.82 Å². The third-order valence-electron chi connectivity index (χ3n) is 5.30. The number of methoxy groups -OCH3 is 1. The molecule has 4 rings (SSSR count). The van der Waals surface area contributed by atoms with Crippen LogP contribution in [-0.2, 0) is 13.1 Å². The quantitative estimate of drug-likeness (QED) is 0.477. The van der Waals surface area contributed by atoms with Crippen molar-refractivity contribution in [3.63, 3.8) is 0 Å². The molecule has 0 bridgehead atoms. The average molecular weight is 415 g/mol. The molecular weight excluding hydrogens is 389 g/mol. The summed E-state index contributed by atoms with van der Waals surface area (Å²) in [5, 5.41) is 0. The minimum absolute atomic E-state index is 0.145. The lowest BCUT2D eigenvalue weighted by Crippen LogP contribution is -2.35. The van der Waals surface area contributed by atoms with Gasteiger partial charge in [0.2, 0.25) is 11.8 Å². The molecule has 1 aliphatic rings. The van der Waals surface area contributed by atoms with Crippen molar-refractivity contribution in [3.05, 3.63) is 89.4 Å². The number of hydrogen-bond acceptors (Lipinski definition) is 3. The molecule has 0 radical (unpaired) electrons. The number of ether oxygens (including phenoxy) is 1. The van der Waals surface area contributed by atoms with Crippen molar-refractivity contribution in [2.75, 3.05) is 11.9 Å². The molecule has 0 N–H and O–H groups in total. The first-order valence-corrected chi connectivity index (χ1v) is 9.70. The lowest BCUT2D eigenvalue weighted by atomic mass is 9.79. The molecule has 1 heterocycles. The molecule has 156 valence electrons. The van der Waals surface area contributed by atoms with Gasteiger partial charge in [-0.15, -0.1) is 0 Å². The first kappa shape index (κ1) is 16.7. The van der Waals surface area contributed by atoms with E-state index in [9.17, 15) is 8.78 Å². The minimum Gasteiger partial charge on any atom is -0.480 e. The summed E-state index contributed by atoms with van der Waals surface area (Å²) >= 11 is 0. The zero-order valence-corrected chi connectivity index (χ0v) is 16.2. The Morgan fingerprint density at radius 3 is 2.10 bits per heavy atom. The normalized spacial score (nSPS) is 17.4. The van der Waals surface area contributed by atoms with Crippen LogP contribution in [0.5, 0.6) is 5.88 Å². The van der Waals surface area contributed by atoms with Crippen molar-refractivity contribution < 1.29 is 22.0 Å². The Kier molecular flexibility index (Phi) is 4.68. The highest BCUT2D eigenvalue weighted by Crippen LogP contribution is 2.49. The Bertz CT molecular complexity index is 1050. The van der Waals surface area contributed by atoms with E-state index in [2.05, 4.69) is 4.98 Å². The van der Waals surface area contributed by atoms with E-state index in [0.717, 1.165) is 17.2 Å². The minimum atomic E-state index is -2.87. The molecule has 0 amide bonds. The van der Waals surface area contributed by atoms with E-state index in [4.69, 9.17) is 8.85 Å². The van der Waals surface area contributed by atoms with Gasteiger partial charge in [0.1, 0.15) is 11.5 Å². The lowest BCUT2D eigenvalue weighted by molar-refractivity contribution is -0.0883. The molecule has 0 spiro atoms. The number of anilines is 1. The molecule has 1 aromatic heterocycles. The van der Waals surface area contributed by atoms with Crippen molar-refractivity contribution >= 4 is 5.69 Å². The van der Waals surface area contributed by atoms with Gasteiger partial charge in [0.05, 0.1) is 16.8 Å². The van der Waals surface area contributed by atoms with Gasteiger partial charge in [-0.3, -0.25) is 0 Å². The van der Waals surface area contributed by atoms with E-state index in [1.807, 2.05) is 60.7 Å². The Balaban J connectivity index is 1.75. The fourth-order valence-corrected chi connectivity index (χ4v) is 3.75. The van der Waals surface area contributed by atoms with Gasteiger partial charge in [-0.1, -0.05) is 60.7 Å². The molecule has 30 heavy (non-hydrogen) atoms. The number of rotatable bonds is 7. The van der Waals surface area contributed by atoms with Crippen LogP contribution in [0.1, 0.15) is 39.7 Å². The zero-order chi connectivity index (χ0) is 23.6. The number of nitrogens with zero attached hydrogens (tertiary/aromatic N) is 2. The van der Waals surface area contributed by atoms with Gasteiger partial charge in [0, 0.05) is 37.9 Å². The lowest BCUT2D eigenvalue weighted by Gasteiger charge is -2.35. The predicted molar refractivity (Wildman–Crippen MR) is 110 cm³/mol. The summed E-state index contributed by atoms with van der Waals surface area (Å²) in [5.41, 5.74) is 1.78. The summed E-state index contributed by atoms with van der Waals surface area (Å²) in [6.07, 6.45) is -1.05. The fourth-order valence-electron chi connectivity index (χ4n) is 3.75. The van der Waals surface area contributed by atoms with E-state index in [-0.39, 0.29) is 17.3 Å². The van der Waals surface area contributed by atoms with E-state index in [1.165, 1.54) is 0 Å². The van der Waals surface area contributed by atoms with Crippen LogP contribution in [-0.4, -0.2) is 17.9 Å². The number of benzene rings is 2. The number of aromatic nitrogens is 1. The largest absolute Gasteiger partial charge is 0.480 e. The van der Waals surface area contributed by atoms with Gasteiger partial charge in [-0.2, -0.15) is 0 Å². The highest BCUT2D eigenvalue weighted by molar-refractivity contribution is 5.57. The second-order valence-corrected chi connectivity index (χ2v) is 7.57. The predicted octanol–water partition coefficient (Wildman–Crippen LogP) is 5.95. The highest BCUT2D eigenvalue weighted by Gasteiger charge is 2.47. The van der Waals surface area contributed by atoms with Gasteiger partial charge < -0.3 is 9.64 Å². The molecule has 1 fully saturated rings. The summed E-state index contributed by atoms with van der Waals surface area (Å²) in [7, 11) is -2.84. The van der Waals surface area contributed by atoms with Gasteiger partial charge in [0.25, 0.3) is 0 Å². The summed E-state index contributed by atoms with van der Waals surface area (Å²) in [4.78, 5) is 5.88. The summed E-state index contributed by atoms with van der Waals surface area (Å²) in [5.74, 6) is -4.71. The monoisotopic (exact) mass is 415 g/mol. The van der Waals surface area contributed by atoms with Crippen molar-refractivity contribution in [2.24, 2.45) is 0 Å². The van der Waals surface area contributed by atoms with E-state index in [0.29, 0.717) is 13.1 Å². The second kappa shape index (κ2) is 8.38. The molecule has 0 atom stereocenters. The van der Waals surface area contributed by atoms with E-state index in [1.54, 1.807) is 4.90 Å². The molecule has 3 aromatic rings. The first-order valence-electron chi connectivity index (χ1n) is 11.2. The molecule has 0 saturated heterocycles. The van der Waals surface area contributed by atoms with Crippen LogP contribution in [0.3, 0.4) is 0 Å². The topological polar surface area (TPSA) is 25.4 Å². The second-order valence-electron chi connectivity index (χ2n) is 7.57. The summed E-state index contributed by atoms with van der Waals surface area (Å²) < 4.78 is 69.6. The molecule has 1 saturated carbocycles. The summed E-state index contributed by atoms with van der Waals surface area (Å²) in [6.45, 7) is 0.657. The van der Waals surface area contributed by atoms with Crippen LogP contribution in [0.25, 0.3) is 0 Å². The molecule has 1 aliphatic carbocycles. The summed E-state index contributed by atoms with van der Waals surface area (Å²) in [6, 6.07) is 20.0. The molecule has 0 unspecified atom stereocenters. The van der Waals surface area contributed by atoms with Crippen LogP contribution < -0.4 is 9.64 Å². The van der Waals surface area contributed by atoms with Crippen molar-refractivity contribution in [2.45, 2.75) is 37.8 Å². The maximum atomic E-state index is 15.1. The average Bonchev–Trinajstić information content (AvgIpc) is 2.73. The number of hydrogen-bond donors (Lipinski definition) is 0. The fraction of sp³-hybridized carbons (Fsp3) is 0.292. The molecule has 6 heteroatoms. The maximum absolute atomic E-state index is 15.1. The Morgan fingerprint density at radius 2 is 1.60 bits per heavy atom. The zero-order valence-electron chi connectivity index (χ0n) is 19.2. The molecule has 2 aromatic carbocycles. The van der Waals surface area contributed by atoms with Crippen molar-refractivity contribution in [3.8, 4) is 5.88 Å². The van der Waals surface area contributed by atoms with Crippen LogP contribution in [0.2, 0.25) is 0 Å². The van der Waals surface area contributed by atoms with E-state index < -0.39 is 37.5 Å². The van der Waals surface area contributed by atoms with Crippen molar-refractivity contribution in [1.82, 2.24) is 4.98 Å². The van der Waals surface area contributed by atoms with Gasteiger partial charge >= 0.3 is 0 Å². The maximum Gasteiger partial charge on any atom is 0.249 e. The molecule has 3 nitrogen and oxygen atoms in total. The Hall–Kier alpha value is -3.02. The van der Waals surface area contributed by atoms with E-state index >= 15 is 4.39 Å². The first-order chi connectivity index (χ1) is 15.6. The highest BCUT2D eigenvalue weighted by atomic mass is 19.3. The number of halogens is 3. The molecule has 0 aliphatic heterocycles. The van der Waals surface area contributed by atoms with Crippen LogP contribution >= 0.6 is 0 Å². The van der Waals surface area contributed by atoms with Gasteiger partial charge in [-0.25, -0.2) is 18.2 Å². The SMILES string of the molecule is [2H]C([2H])([2H])Oc1nc(C2CC(F)(F)C2)c(F)cc1N(Cc1ccccc1)Cc1ccccc1. The van der Waals surface area contributed by atoms with Gasteiger partial charge in [-0.05, 0) is 11.1 Å². The standard InChI is InChI=1S/C24H23F3N2O/c1-30-23-21(12-20(25)22(28-23)19-13-24(26,27)14-19)29(15-17-8-4-2-5-9-17)16-18-10-6-3-7-11-18/h2-12,19H,13-16H2,1H3/i1D3. The third-order valence-corrected chi connectivity index (χ3v) is 5.30. The van der Waals surface area contributed by atoms with Gasteiger partial charge in [0.15, 0.2) is 0 Å². The Labute approximate surface area is 178 Å². The smallest absolute Gasteiger partial charge is 0.249 e. The molecular formula is C24H23F3N2O. The number of alkyl halides is 2.